The van der Waals surface area contributed by atoms with Crippen molar-refractivity contribution in [2.75, 3.05) is 0 Å². The molecule has 0 radical (unpaired) electrons. The van der Waals surface area contributed by atoms with Gasteiger partial charge in [0, 0.05) is 5.56 Å². The minimum Gasteiger partial charge on any atom is -0.480 e. The smallest absolute Gasteiger partial charge is 0.316 e. The van der Waals surface area contributed by atoms with Gasteiger partial charge in [-0.1, -0.05) is 31.5 Å². The zero-order valence-electron chi connectivity index (χ0n) is 12.2. The first-order valence-electron chi connectivity index (χ1n) is 6.71. The van der Waals surface area contributed by atoms with E-state index in [-0.39, 0.29) is 5.92 Å². The van der Waals surface area contributed by atoms with Gasteiger partial charge in [-0.2, -0.15) is 0 Å². The average molecular weight is 306 g/mol. The van der Waals surface area contributed by atoms with Crippen molar-refractivity contribution >= 4 is 17.7 Å². The van der Waals surface area contributed by atoms with Crippen LogP contribution in [0.4, 0.5) is 0 Å². The predicted molar refractivity (Wildman–Crippen MR) is 82.0 cm³/mol. The molecule has 6 heteroatoms. The molecular weight excluding hydrogens is 288 g/mol. The van der Waals surface area contributed by atoms with Crippen LogP contribution >= 0.6 is 11.8 Å². The summed E-state index contributed by atoms with van der Waals surface area (Å²) >= 11 is 1.31. The number of rotatable bonds is 6. The highest BCUT2D eigenvalue weighted by molar-refractivity contribution is 7.99. The molecule has 1 atom stereocenters. The summed E-state index contributed by atoms with van der Waals surface area (Å²) in [6, 6.07) is 7.81. The molecular formula is C15H18N2O3S. The molecule has 0 bridgehead atoms. The Morgan fingerprint density at radius 2 is 1.95 bits per heavy atom. The fourth-order valence-electron chi connectivity index (χ4n) is 1.83. The summed E-state index contributed by atoms with van der Waals surface area (Å²) in [4.78, 5) is 11.1. The third-order valence-electron chi connectivity index (χ3n) is 3.00. The Morgan fingerprint density at radius 3 is 2.52 bits per heavy atom. The van der Waals surface area contributed by atoms with Gasteiger partial charge in [0.2, 0.25) is 11.8 Å². The molecule has 1 unspecified atom stereocenters. The number of aliphatic carboxylic acids is 1. The second-order valence-electron chi connectivity index (χ2n) is 5.18. The van der Waals surface area contributed by atoms with Crippen LogP contribution in [0.2, 0.25) is 0 Å². The van der Waals surface area contributed by atoms with Crippen molar-refractivity contribution in [3.63, 3.8) is 0 Å². The van der Waals surface area contributed by atoms with Gasteiger partial charge in [-0.15, -0.1) is 22.0 Å². The van der Waals surface area contributed by atoms with Gasteiger partial charge in [0.25, 0.3) is 0 Å². The Morgan fingerprint density at radius 1 is 1.29 bits per heavy atom. The van der Waals surface area contributed by atoms with Gasteiger partial charge in [0.1, 0.15) is 5.25 Å². The second kappa shape index (κ2) is 6.76. The van der Waals surface area contributed by atoms with Gasteiger partial charge in [-0.05, 0) is 25.0 Å². The molecule has 0 fully saturated rings. The van der Waals surface area contributed by atoms with Gasteiger partial charge in [0.15, 0.2) is 0 Å². The lowest BCUT2D eigenvalue weighted by Crippen LogP contribution is -2.22. The van der Waals surface area contributed by atoms with Gasteiger partial charge in [-0.3, -0.25) is 4.79 Å². The van der Waals surface area contributed by atoms with Crippen molar-refractivity contribution in [1.29, 1.82) is 0 Å². The number of carbonyl (C=O) groups is 1. The molecule has 112 valence electrons. The van der Waals surface area contributed by atoms with E-state index in [4.69, 9.17) is 9.52 Å². The third kappa shape index (κ3) is 4.07. The molecule has 1 N–H and O–H groups in total. The van der Waals surface area contributed by atoms with Crippen LogP contribution in [0.3, 0.4) is 0 Å². The monoisotopic (exact) mass is 306 g/mol. The number of hydrogen-bond donors (Lipinski definition) is 1. The SMILES string of the molecule is Cc1ccc(-c2nnc(CSC(C(=O)O)C(C)C)o2)cc1. The molecule has 0 aliphatic heterocycles. The molecule has 5 nitrogen and oxygen atoms in total. The maximum absolute atomic E-state index is 11.1. The summed E-state index contributed by atoms with van der Waals surface area (Å²) in [5.41, 5.74) is 2.03. The number of carboxylic acid groups (broad SMARTS) is 1. The molecule has 1 heterocycles. The molecule has 0 aliphatic carbocycles. The van der Waals surface area contributed by atoms with Crippen LogP contribution < -0.4 is 0 Å². The predicted octanol–water partition coefficient (Wildman–Crippen LogP) is 3.39. The molecule has 21 heavy (non-hydrogen) atoms. The fourth-order valence-corrected chi connectivity index (χ4v) is 2.80. The standard InChI is InChI=1S/C15H18N2O3S/c1-9(2)13(15(18)19)21-8-12-16-17-14(20-12)11-6-4-10(3)5-7-11/h4-7,9,13H,8H2,1-3H3,(H,18,19). The maximum Gasteiger partial charge on any atom is 0.316 e. The largest absolute Gasteiger partial charge is 0.480 e. The van der Waals surface area contributed by atoms with Gasteiger partial charge < -0.3 is 9.52 Å². The number of aromatic nitrogens is 2. The van der Waals surface area contributed by atoms with Gasteiger partial charge in [-0.25, -0.2) is 0 Å². The Hall–Kier alpha value is -1.82. The molecule has 2 rings (SSSR count). The molecule has 2 aromatic rings. The minimum absolute atomic E-state index is 0.0481. The van der Waals surface area contributed by atoms with Crippen molar-refractivity contribution in [2.24, 2.45) is 5.92 Å². The first-order valence-corrected chi connectivity index (χ1v) is 7.76. The Balaban J connectivity index is 2.03. The maximum atomic E-state index is 11.1. The Kier molecular flexibility index (Phi) is 5.01. The summed E-state index contributed by atoms with van der Waals surface area (Å²) < 4.78 is 5.58. The second-order valence-corrected chi connectivity index (χ2v) is 6.31. The number of thioether (sulfide) groups is 1. The molecule has 0 amide bonds. The van der Waals surface area contributed by atoms with Crippen LogP contribution in [0, 0.1) is 12.8 Å². The lowest BCUT2D eigenvalue weighted by Gasteiger charge is -2.13. The third-order valence-corrected chi connectivity index (χ3v) is 4.52. The summed E-state index contributed by atoms with van der Waals surface area (Å²) in [7, 11) is 0. The van der Waals surface area contributed by atoms with Gasteiger partial charge >= 0.3 is 5.97 Å². The molecule has 0 saturated carbocycles. The highest BCUT2D eigenvalue weighted by Crippen LogP contribution is 2.25. The van der Waals surface area contributed by atoms with Crippen LogP contribution in [0.25, 0.3) is 11.5 Å². The number of hydrogen-bond acceptors (Lipinski definition) is 5. The highest BCUT2D eigenvalue weighted by Gasteiger charge is 2.23. The first-order chi connectivity index (χ1) is 9.97. The molecule has 1 aromatic carbocycles. The summed E-state index contributed by atoms with van der Waals surface area (Å²) in [5.74, 6) is 0.540. The van der Waals surface area contributed by atoms with Gasteiger partial charge in [0.05, 0.1) is 5.75 Å². The molecule has 1 aromatic heterocycles. The zero-order chi connectivity index (χ0) is 15.4. The van der Waals surface area contributed by atoms with Crippen molar-refractivity contribution in [2.45, 2.75) is 31.8 Å². The molecule has 0 spiro atoms. The van der Waals surface area contributed by atoms with E-state index in [1.165, 1.54) is 11.8 Å². The van der Waals surface area contributed by atoms with E-state index in [9.17, 15) is 4.79 Å². The summed E-state index contributed by atoms with van der Waals surface area (Å²) in [5, 5.41) is 16.7. The first kappa shape index (κ1) is 15.6. The topological polar surface area (TPSA) is 76.2 Å². The van der Waals surface area contributed by atoms with Crippen molar-refractivity contribution < 1.29 is 14.3 Å². The van der Waals surface area contributed by atoms with Crippen LogP contribution in [-0.2, 0) is 10.5 Å². The number of carboxylic acids is 1. The van der Waals surface area contributed by atoms with E-state index in [1.807, 2.05) is 45.0 Å². The van der Waals surface area contributed by atoms with Crippen LogP contribution in [0.1, 0.15) is 25.3 Å². The Bertz CT molecular complexity index is 608. The van der Waals surface area contributed by atoms with Crippen molar-refractivity contribution in [1.82, 2.24) is 10.2 Å². The van der Waals surface area contributed by atoms with Crippen molar-refractivity contribution in [3.8, 4) is 11.5 Å². The van der Waals surface area contributed by atoms with Crippen molar-refractivity contribution in [3.05, 3.63) is 35.7 Å². The fraction of sp³-hybridized carbons (Fsp3) is 0.400. The number of aryl methyl sites for hydroxylation is 1. The normalized spacial score (nSPS) is 12.6. The van der Waals surface area contributed by atoms with E-state index < -0.39 is 11.2 Å². The van der Waals surface area contributed by atoms with Crippen LogP contribution in [0.15, 0.2) is 28.7 Å². The quantitative estimate of drug-likeness (QED) is 0.881. The average Bonchev–Trinajstić information content (AvgIpc) is 2.87. The number of benzene rings is 1. The minimum atomic E-state index is -0.812. The van der Waals surface area contributed by atoms with E-state index in [0.29, 0.717) is 17.5 Å². The van der Waals surface area contributed by atoms with Crippen LogP contribution in [0.5, 0.6) is 0 Å². The van der Waals surface area contributed by atoms with E-state index >= 15 is 0 Å². The lowest BCUT2D eigenvalue weighted by atomic mass is 10.1. The highest BCUT2D eigenvalue weighted by atomic mass is 32.2. The van der Waals surface area contributed by atoms with E-state index in [2.05, 4.69) is 10.2 Å². The van der Waals surface area contributed by atoms with E-state index in [1.54, 1.807) is 0 Å². The zero-order valence-corrected chi connectivity index (χ0v) is 13.1. The Labute approximate surface area is 127 Å². The summed E-state index contributed by atoms with van der Waals surface area (Å²) in [6.07, 6.45) is 0. The van der Waals surface area contributed by atoms with E-state index in [0.717, 1.165) is 11.1 Å². The molecule has 0 aliphatic rings. The molecule has 0 saturated heterocycles. The lowest BCUT2D eigenvalue weighted by molar-refractivity contribution is -0.137. The summed E-state index contributed by atoms with van der Waals surface area (Å²) in [6.45, 7) is 5.78. The van der Waals surface area contributed by atoms with Crippen LogP contribution in [-0.4, -0.2) is 26.5 Å². The number of nitrogens with zero attached hydrogens (tertiary/aromatic N) is 2.